The first kappa shape index (κ1) is 9.57. The standard InChI is InChI=1S/C13H19N/c1-13(2,3)8-10-9-14-12-7-5-4-6-11(10)12/h4-7,10,14H,8-9H2,1-3H3. The van der Waals surface area contributed by atoms with Gasteiger partial charge in [-0.25, -0.2) is 0 Å². The fraction of sp³-hybridized carbons (Fsp3) is 0.538. The van der Waals surface area contributed by atoms with E-state index in [2.05, 4.69) is 50.4 Å². The van der Waals surface area contributed by atoms with E-state index in [0.29, 0.717) is 11.3 Å². The van der Waals surface area contributed by atoms with Crippen LogP contribution in [0.3, 0.4) is 0 Å². The summed E-state index contributed by atoms with van der Waals surface area (Å²) >= 11 is 0. The second-order valence-corrected chi connectivity index (χ2v) is 5.43. The molecule has 0 saturated heterocycles. The molecule has 0 bridgehead atoms. The van der Waals surface area contributed by atoms with E-state index < -0.39 is 0 Å². The van der Waals surface area contributed by atoms with Gasteiger partial charge in [0.05, 0.1) is 0 Å². The third-order valence-corrected chi connectivity index (χ3v) is 2.80. The molecule has 0 fully saturated rings. The Morgan fingerprint density at radius 1 is 1.29 bits per heavy atom. The van der Waals surface area contributed by atoms with Crippen molar-refractivity contribution in [1.82, 2.24) is 0 Å². The molecular formula is C13H19N. The molecule has 1 aliphatic heterocycles. The molecule has 14 heavy (non-hydrogen) atoms. The maximum atomic E-state index is 3.47. The molecule has 0 aliphatic carbocycles. The van der Waals surface area contributed by atoms with E-state index in [-0.39, 0.29) is 0 Å². The number of fused-ring (bicyclic) bond motifs is 1. The second kappa shape index (κ2) is 3.30. The number of hydrogen-bond acceptors (Lipinski definition) is 1. The van der Waals surface area contributed by atoms with Gasteiger partial charge in [-0.2, -0.15) is 0 Å². The van der Waals surface area contributed by atoms with Crippen LogP contribution in [0.4, 0.5) is 5.69 Å². The Bertz CT molecular complexity index is 322. The molecule has 1 heteroatoms. The maximum absolute atomic E-state index is 3.47. The van der Waals surface area contributed by atoms with Crippen molar-refractivity contribution in [2.24, 2.45) is 5.41 Å². The van der Waals surface area contributed by atoms with Crippen LogP contribution in [0.2, 0.25) is 0 Å². The molecule has 1 aliphatic rings. The SMILES string of the molecule is CC(C)(C)CC1CNc2ccccc21. The van der Waals surface area contributed by atoms with Crippen molar-refractivity contribution in [2.75, 3.05) is 11.9 Å². The average Bonchev–Trinajstić information content (AvgIpc) is 2.47. The minimum atomic E-state index is 0.420. The minimum Gasteiger partial charge on any atom is -0.384 e. The van der Waals surface area contributed by atoms with E-state index >= 15 is 0 Å². The van der Waals surface area contributed by atoms with Crippen LogP contribution in [0.1, 0.15) is 38.7 Å². The Labute approximate surface area is 86.5 Å². The number of rotatable bonds is 1. The molecule has 1 N–H and O–H groups in total. The van der Waals surface area contributed by atoms with Crippen molar-refractivity contribution < 1.29 is 0 Å². The summed E-state index contributed by atoms with van der Waals surface area (Å²) < 4.78 is 0. The van der Waals surface area contributed by atoms with Gasteiger partial charge >= 0.3 is 0 Å². The van der Waals surface area contributed by atoms with Gasteiger partial charge in [-0.3, -0.25) is 0 Å². The Kier molecular flexibility index (Phi) is 2.26. The normalized spacial score (nSPS) is 20.4. The molecule has 0 amide bonds. The highest BCUT2D eigenvalue weighted by Gasteiger charge is 2.25. The molecule has 1 heterocycles. The Morgan fingerprint density at radius 3 is 2.71 bits per heavy atom. The number of benzene rings is 1. The maximum Gasteiger partial charge on any atom is 0.0376 e. The molecular weight excluding hydrogens is 170 g/mol. The smallest absolute Gasteiger partial charge is 0.0376 e. The topological polar surface area (TPSA) is 12.0 Å². The zero-order chi connectivity index (χ0) is 10.2. The van der Waals surface area contributed by atoms with Gasteiger partial charge in [-0.1, -0.05) is 39.0 Å². The quantitative estimate of drug-likeness (QED) is 0.711. The number of anilines is 1. The molecule has 2 rings (SSSR count). The highest BCUT2D eigenvalue weighted by atomic mass is 14.9. The van der Waals surface area contributed by atoms with Crippen molar-refractivity contribution in [2.45, 2.75) is 33.1 Å². The van der Waals surface area contributed by atoms with Crippen LogP contribution in [0.25, 0.3) is 0 Å². The Morgan fingerprint density at radius 2 is 2.00 bits per heavy atom. The lowest BCUT2D eigenvalue weighted by Gasteiger charge is -2.22. The summed E-state index contributed by atoms with van der Waals surface area (Å²) in [5.74, 6) is 0.700. The van der Waals surface area contributed by atoms with Gasteiger partial charge in [0, 0.05) is 18.2 Å². The van der Waals surface area contributed by atoms with E-state index in [1.54, 1.807) is 0 Å². The van der Waals surface area contributed by atoms with Gasteiger partial charge in [0.25, 0.3) is 0 Å². The van der Waals surface area contributed by atoms with Crippen molar-refractivity contribution in [1.29, 1.82) is 0 Å². The van der Waals surface area contributed by atoms with Crippen LogP contribution < -0.4 is 5.32 Å². The first-order valence-corrected chi connectivity index (χ1v) is 5.39. The third kappa shape index (κ3) is 1.92. The van der Waals surface area contributed by atoms with Gasteiger partial charge in [0.1, 0.15) is 0 Å². The first-order valence-electron chi connectivity index (χ1n) is 5.39. The molecule has 0 spiro atoms. The number of nitrogens with one attached hydrogen (secondary N) is 1. The van der Waals surface area contributed by atoms with Gasteiger partial charge in [0.2, 0.25) is 0 Å². The second-order valence-electron chi connectivity index (χ2n) is 5.43. The summed E-state index contributed by atoms with van der Waals surface area (Å²) in [5, 5.41) is 3.47. The van der Waals surface area contributed by atoms with Crippen molar-refractivity contribution in [3.05, 3.63) is 29.8 Å². The Balaban J connectivity index is 2.18. The number of para-hydroxylation sites is 1. The highest BCUT2D eigenvalue weighted by molar-refractivity contribution is 5.57. The zero-order valence-corrected chi connectivity index (χ0v) is 9.30. The number of hydrogen-bond donors (Lipinski definition) is 1. The molecule has 1 aromatic carbocycles. The monoisotopic (exact) mass is 189 g/mol. The molecule has 0 radical (unpaired) electrons. The van der Waals surface area contributed by atoms with Crippen molar-refractivity contribution in [3.63, 3.8) is 0 Å². The fourth-order valence-corrected chi connectivity index (χ4v) is 2.28. The van der Waals surface area contributed by atoms with Gasteiger partial charge in [-0.05, 0) is 23.5 Å². The van der Waals surface area contributed by atoms with E-state index in [1.165, 1.54) is 17.7 Å². The molecule has 1 aromatic rings. The predicted octanol–water partition coefficient (Wildman–Crippen LogP) is 3.63. The summed E-state index contributed by atoms with van der Waals surface area (Å²) in [6, 6.07) is 8.68. The summed E-state index contributed by atoms with van der Waals surface area (Å²) in [7, 11) is 0. The van der Waals surface area contributed by atoms with Crippen LogP contribution >= 0.6 is 0 Å². The summed E-state index contributed by atoms with van der Waals surface area (Å²) in [5.41, 5.74) is 3.26. The molecule has 0 saturated carbocycles. The highest BCUT2D eigenvalue weighted by Crippen LogP contribution is 2.38. The minimum absolute atomic E-state index is 0.420. The van der Waals surface area contributed by atoms with Gasteiger partial charge in [0.15, 0.2) is 0 Å². The van der Waals surface area contributed by atoms with Crippen molar-refractivity contribution >= 4 is 5.69 Å². The van der Waals surface area contributed by atoms with Crippen LogP contribution in [0.15, 0.2) is 24.3 Å². The van der Waals surface area contributed by atoms with Crippen LogP contribution in [0, 0.1) is 5.41 Å². The molecule has 0 aromatic heterocycles. The zero-order valence-electron chi connectivity index (χ0n) is 9.30. The van der Waals surface area contributed by atoms with Gasteiger partial charge in [-0.15, -0.1) is 0 Å². The predicted molar refractivity (Wildman–Crippen MR) is 61.7 cm³/mol. The summed E-state index contributed by atoms with van der Waals surface area (Å²) in [6.07, 6.45) is 1.26. The molecule has 76 valence electrons. The lowest BCUT2D eigenvalue weighted by Crippen LogP contribution is -2.13. The van der Waals surface area contributed by atoms with E-state index in [4.69, 9.17) is 0 Å². The third-order valence-electron chi connectivity index (χ3n) is 2.80. The lowest BCUT2D eigenvalue weighted by atomic mass is 9.82. The summed E-state index contributed by atoms with van der Waals surface area (Å²) in [4.78, 5) is 0. The van der Waals surface area contributed by atoms with E-state index in [0.717, 1.165) is 6.54 Å². The first-order chi connectivity index (χ1) is 6.56. The fourth-order valence-electron chi connectivity index (χ4n) is 2.28. The Hall–Kier alpha value is -0.980. The molecule has 1 unspecified atom stereocenters. The van der Waals surface area contributed by atoms with Crippen LogP contribution in [-0.2, 0) is 0 Å². The van der Waals surface area contributed by atoms with Crippen molar-refractivity contribution in [3.8, 4) is 0 Å². The largest absolute Gasteiger partial charge is 0.384 e. The van der Waals surface area contributed by atoms with E-state index in [9.17, 15) is 0 Å². The van der Waals surface area contributed by atoms with Crippen LogP contribution in [0.5, 0.6) is 0 Å². The molecule has 1 atom stereocenters. The molecule has 1 nitrogen and oxygen atoms in total. The lowest BCUT2D eigenvalue weighted by molar-refractivity contribution is 0.348. The van der Waals surface area contributed by atoms with Crippen LogP contribution in [-0.4, -0.2) is 6.54 Å². The van der Waals surface area contributed by atoms with Gasteiger partial charge < -0.3 is 5.32 Å². The average molecular weight is 189 g/mol. The summed E-state index contributed by atoms with van der Waals surface area (Å²) in [6.45, 7) is 8.05. The van der Waals surface area contributed by atoms with E-state index in [1.807, 2.05) is 0 Å².